The van der Waals surface area contributed by atoms with Crippen molar-refractivity contribution in [2.75, 3.05) is 0 Å². The minimum atomic E-state index is -1.13. The standard InChI is InChI=1S/C15H24O4/c1-9(13(17)18)10-4-6-14(2)7-5-12(16)15(3,19)11(14)8-10/h10-12,16,19H,1,4-8H2,2-3H3,(H,17,18)/t10-,11-,12+,14+,15+/m1/s1. The van der Waals surface area contributed by atoms with Crippen LogP contribution in [0, 0.1) is 17.3 Å². The smallest absolute Gasteiger partial charge is 0.331 e. The molecule has 0 aromatic carbocycles. The molecule has 3 N–H and O–H groups in total. The van der Waals surface area contributed by atoms with Crippen LogP contribution in [0.25, 0.3) is 0 Å². The third-order valence-electron chi connectivity index (χ3n) is 5.56. The molecule has 4 heteroatoms. The molecule has 0 unspecified atom stereocenters. The highest BCUT2D eigenvalue weighted by Gasteiger charge is 2.55. The molecule has 0 heterocycles. The molecule has 2 rings (SSSR count). The van der Waals surface area contributed by atoms with E-state index in [-0.39, 0.29) is 22.8 Å². The quantitative estimate of drug-likeness (QED) is 0.669. The molecule has 19 heavy (non-hydrogen) atoms. The van der Waals surface area contributed by atoms with Gasteiger partial charge in [0.05, 0.1) is 11.7 Å². The van der Waals surface area contributed by atoms with Gasteiger partial charge < -0.3 is 15.3 Å². The van der Waals surface area contributed by atoms with E-state index in [1.807, 2.05) is 0 Å². The van der Waals surface area contributed by atoms with Crippen LogP contribution < -0.4 is 0 Å². The minimum absolute atomic E-state index is 0.00197. The van der Waals surface area contributed by atoms with Crippen LogP contribution in [-0.4, -0.2) is 33.0 Å². The van der Waals surface area contributed by atoms with Gasteiger partial charge in [0.25, 0.3) is 0 Å². The third kappa shape index (κ3) is 2.32. The first-order valence-electron chi connectivity index (χ1n) is 7.01. The van der Waals surface area contributed by atoms with E-state index in [0.29, 0.717) is 12.8 Å². The highest BCUT2D eigenvalue weighted by atomic mass is 16.4. The average molecular weight is 268 g/mol. The Balaban J connectivity index is 2.24. The van der Waals surface area contributed by atoms with Crippen molar-refractivity contribution in [2.45, 2.75) is 57.7 Å². The largest absolute Gasteiger partial charge is 0.478 e. The summed E-state index contributed by atoms with van der Waals surface area (Å²) in [5.74, 6) is -1.12. The Bertz CT molecular complexity index is 396. The molecule has 0 saturated heterocycles. The maximum atomic E-state index is 11.1. The van der Waals surface area contributed by atoms with Crippen molar-refractivity contribution < 1.29 is 20.1 Å². The van der Waals surface area contributed by atoms with E-state index in [1.165, 1.54) is 0 Å². The summed E-state index contributed by atoms with van der Waals surface area (Å²) in [4.78, 5) is 11.1. The van der Waals surface area contributed by atoms with Crippen molar-refractivity contribution in [3.05, 3.63) is 12.2 Å². The van der Waals surface area contributed by atoms with E-state index < -0.39 is 17.7 Å². The predicted octanol–water partition coefficient (Wildman–Crippen LogP) is 1.96. The molecule has 5 atom stereocenters. The number of aliphatic hydroxyl groups excluding tert-OH is 1. The Labute approximate surface area is 114 Å². The van der Waals surface area contributed by atoms with Gasteiger partial charge >= 0.3 is 5.97 Å². The predicted molar refractivity (Wildman–Crippen MR) is 71.6 cm³/mol. The van der Waals surface area contributed by atoms with Crippen LogP contribution in [0.5, 0.6) is 0 Å². The molecule has 0 amide bonds. The number of hydrogen-bond donors (Lipinski definition) is 3. The van der Waals surface area contributed by atoms with E-state index in [1.54, 1.807) is 6.92 Å². The van der Waals surface area contributed by atoms with Gasteiger partial charge in [0.15, 0.2) is 0 Å². The van der Waals surface area contributed by atoms with E-state index in [2.05, 4.69) is 13.5 Å². The Hall–Kier alpha value is -0.870. The Morgan fingerprint density at radius 1 is 1.26 bits per heavy atom. The molecule has 0 radical (unpaired) electrons. The molecular weight excluding hydrogens is 244 g/mol. The summed E-state index contributed by atoms with van der Waals surface area (Å²) < 4.78 is 0. The molecule has 0 aliphatic heterocycles. The fourth-order valence-electron chi connectivity index (χ4n) is 4.09. The maximum absolute atomic E-state index is 11.1. The number of aliphatic hydroxyl groups is 2. The van der Waals surface area contributed by atoms with Gasteiger partial charge in [-0.25, -0.2) is 4.79 Å². The lowest BCUT2D eigenvalue weighted by Crippen LogP contribution is -2.58. The molecule has 0 aromatic rings. The average Bonchev–Trinajstić information content (AvgIpc) is 2.34. The number of fused-ring (bicyclic) bond motifs is 1. The van der Waals surface area contributed by atoms with Crippen LogP contribution >= 0.6 is 0 Å². The summed E-state index contributed by atoms with van der Waals surface area (Å²) in [7, 11) is 0. The third-order valence-corrected chi connectivity index (χ3v) is 5.56. The zero-order valence-corrected chi connectivity index (χ0v) is 11.7. The van der Waals surface area contributed by atoms with Gasteiger partial charge in [0.2, 0.25) is 0 Å². The van der Waals surface area contributed by atoms with Gasteiger partial charge in [-0.2, -0.15) is 0 Å². The number of carboxylic acid groups (broad SMARTS) is 1. The second-order valence-electron chi connectivity index (χ2n) is 6.79. The zero-order chi connectivity index (χ0) is 14.4. The fourth-order valence-corrected chi connectivity index (χ4v) is 4.09. The molecular formula is C15H24O4. The SMILES string of the molecule is C=C(C(=O)O)[C@@H]1CC[C@@]2(C)CC[C@H](O)[C@@](C)(O)[C@@H]2C1. The maximum Gasteiger partial charge on any atom is 0.331 e. The number of carbonyl (C=O) groups is 1. The summed E-state index contributed by atoms with van der Waals surface area (Å²) in [5, 5.41) is 29.7. The van der Waals surface area contributed by atoms with Crippen molar-refractivity contribution in [1.29, 1.82) is 0 Å². The second kappa shape index (κ2) is 4.60. The van der Waals surface area contributed by atoms with Crippen LogP contribution in [0.2, 0.25) is 0 Å². The first-order valence-corrected chi connectivity index (χ1v) is 7.01. The molecule has 108 valence electrons. The number of hydrogen-bond acceptors (Lipinski definition) is 3. The molecule has 2 aliphatic carbocycles. The van der Waals surface area contributed by atoms with Crippen molar-refractivity contribution in [1.82, 2.24) is 0 Å². The highest BCUT2D eigenvalue weighted by Crippen LogP contribution is 2.56. The van der Waals surface area contributed by atoms with Crippen LogP contribution in [0.3, 0.4) is 0 Å². The first-order chi connectivity index (χ1) is 8.68. The highest BCUT2D eigenvalue weighted by molar-refractivity contribution is 5.86. The van der Waals surface area contributed by atoms with Crippen LogP contribution in [-0.2, 0) is 4.79 Å². The fraction of sp³-hybridized carbons (Fsp3) is 0.800. The molecule has 0 spiro atoms. The Morgan fingerprint density at radius 2 is 1.84 bits per heavy atom. The summed E-state index contributed by atoms with van der Waals surface area (Å²) in [5.41, 5.74) is -0.902. The lowest BCUT2D eigenvalue weighted by molar-refractivity contribution is -0.183. The van der Waals surface area contributed by atoms with Gasteiger partial charge in [-0.15, -0.1) is 0 Å². The second-order valence-corrected chi connectivity index (χ2v) is 6.79. The Kier molecular flexibility index (Phi) is 3.52. The van der Waals surface area contributed by atoms with Crippen LogP contribution in [0.4, 0.5) is 0 Å². The van der Waals surface area contributed by atoms with E-state index in [0.717, 1.165) is 19.3 Å². The number of rotatable bonds is 2. The Morgan fingerprint density at radius 3 is 2.42 bits per heavy atom. The van der Waals surface area contributed by atoms with Gasteiger partial charge in [0.1, 0.15) is 0 Å². The van der Waals surface area contributed by atoms with Crippen molar-refractivity contribution in [2.24, 2.45) is 17.3 Å². The summed E-state index contributed by atoms with van der Waals surface area (Å²) in [6.07, 6.45) is 3.08. The molecule has 0 bridgehead atoms. The van der Waals surface area contributed by atoms with Gasteiger partial charge in [-0.05, 0) is 56.3 Å². The lowest BCUT2D eigenvalue weighted by atomic mass is 9.52. The van der Waals surface area contributed by atoms with Crippen molar-refractivity contribution in [3.63, 3.8) is 0 Å². The van der Waals surface area contributed by atoms with Crippen LogP contribution in [0.1, 0.15) is 46.0 Å². The molecule has 2 saturated carbocycles. The van der Waals surface area contributed by atoms with Gasteiger partial charge in [0, 0.05) is 5.57 Å². The van der Waals surface area contributed by atoms with Gasteiger partial charge in [-0.1, -0.05) is 13.5 Å². The summed E-state index contributed by atoms with van der Waals surface area (Å²) in [6.45, 7) is 7.50. The van der Waals surface area contributed by atoms with E-state index in [4.69, 9.17) is 5.11 Å². The number of aliphatic carboxylic acids is 1. The van der Waals surface area contributed by atoms with Crippen molar-refractivity contribution in [3.8, 4) is 0 Å². The van der Waals surface area contributed by atoms with Crippen molar-refractivity contribution >= 4 is 5.97 Å². The monoisotopic (exact) mass is 268 g/mol. The topological polar surface area (TPSA) is 77.8 Å². The van der Waals surface area contributed by atoms with Gasteiger partial charge in [-0.3, -0.25) is 0 Å². The zero-order valence-electron chi connectivity index (χ0n) is 11.7. The summed E-state index contributed by atoms with van der Waals surface area (Å²) >= 11 is 0. The lowest BCUT2D eigenvalue weighted by Gasteiger charge is -2.55. The summed E-state index contributed by atoms with van der Waals surface area (Å²) in [6, 6.07) is 0. The van der Waals surface area contributed by atoms with E-state index >= 15 is 0 Å². The molecule has 2 aliphatic rings. The molecule has 4 nitrogen and oxygen atoms in total. The normalized spacial score (nSPS) is 46.4. The van der Waals surface area contributed by atoms with E-state index in [9.17, 15) is 15.0 Å². The minimum Gasteiger partial charge on any atom is -0.478 e. The molecule has 2 fully saturated rings. The van der Waals surface area contributed by atoms with Crippen LogP contribution in [0.15, 0.2) is 12.2 Å². The number of carboxylic acids is 1. The molecule has 0 aromatic heterocycles. The first kappa shape index (κ1) is 14.5.